The summed E-state index contributed by atoms with van der Waals surface area (Å²) in [5.41, 5.74) is -0.926. The molecule has 0 spiro atoms. The molecule has 0 aliphatic rings. The Morgan fingerprint density at radius 1 is 1.33 bits per heavy atom. The second-order valence-corrected chi connectivity index (χ2v) is 6.75. The van der Waals surface area contributed by atoms with Gasteiger partial charge < -0.3 is 4.74 Å². The summed E-state index contributed by atoms with van der Waals surface area (Å²) in [6, 6.07) is 4.61. The molecular formula is C16H11Cl2F3N2O3S. The molecule has 2 rings (SSSR count). The van der Waals surface area contributed by atoms with Gasteiger partial charge in [-0.05, 0) is 30.7 Å². The SMILES string of the molecule is CCOC(=O)c1sc(NC(=O)/C=C/c2ccc(Cl)cc2Cl)nc1C(F)(F)F. The average molecular weight is 439 g/mol. The van der Waals surface area contributed by atoms with E-state index < -0.39 is 28.6 Å². The Morgan fingerprint density at radius 2 is 2.04 bits per heavy atom. The maximum absolute atomic E-state index is 13.0. The molecule has 1 N–H and O–H groups in total. The van der Waals surface area contributed by atoms with Gasteiger partial charge in [-0.3, -0.25) is 10.1 Å². The topological polar surface area (TPSA) is 68.3 Å². The van der Waals surface area contributed by atoms with Crippen molar-refractivity contribution in [1.29, 1.82) is 0 Å². The fraction of sp³-hybridized carbons (Fsp3) is 0.188. The molecule has 0 unspecified atom stereocenters. The number of benzene rings is 1. The Morgan fingerprint density at radius 3 is 2.63 bits per heavy atom. The largest absolute Gasteiger partial charge is 0.462 e. The van der Waals surface area contributed by atoms with Crippen molar-refractivity contribution in [3.05, 3.63) is 50.5 Å². The number of carbonyl (C=O) groups excluding carboxylic acids is 2. The summed E-state index contributed by atoms with van der Waals surface area (Å²) in [5, 5.41) is 2.50. The summed E-state index contributed by atoms with van der Waals surface area (Å²) >= 11 is 12.1. The molecule has 0 saturated carbocycles. The molecule has 0 atom stereocenters. The molecule has 0 aliphatic carbocycles. The van der Waals surface area contributed by atoms with Crippen LogP contribution in [0.5, 0.6) is 0 Å². The lowest BCUT2D eigenvalue weighted by molar-refractivity contribution is -0.141. The third-order valence-electron chi connectivity index (χ3n) is 2.96. The number of ether oxygens (including phenoxy) is 1. The van der Waals surface area contributed by atoms with Crippen molar-refractivity contribution in [1.82, 2.24) is 4.98 Å². The number of hydrogen-bond donors (Lipinski definition) is 1. The highest BCUT2D eigenvalue weighted by Gasteiger charge is 2.40. The van der Waals surface area contributed by atoms with E-state index in [2.05, 4.69) is 15.0 Å². The Kier molecular flexibility index (Phi) is 6.85. The van der Waals surface area contributed by atoms with E-state index in [1.54, 1.807) is 12.1 Å². The van der Waals surface area contributed by atoms with E-state index in [9.17, 15) is 22.8 Å². The van der Waals surface area contributed by atoms with Crippen LogP contribution in [-0.4, -0.2) is 23.5 Å². The van der Waals surface area contributed by atoms with E-state index in [4.69, 9.17) is 23.2 Å². The van der Waals surface area contributed by atoms with Crippen LogP contribution >= 0.6 is 34.5 Å². The number of nitrogens with zero attached hydrogens (tertiary/aromatic N) is 1. The first kappa shape index (κ1) is 21.2. The average Bonchev–Trinajstić information content (AvgIpc) is 2.98. The van der Waals surface area contributed by atoms with Crippen LogP contribution < -0.4 is 5.32 Å². The summed E-state index contributed by atoms with van der Waals surface area (Å²) in [6.45, 7) is 1.36. The minimum Gasteiger partial charge on any atom is -0.462 e. The summed E-state index contributed by atoms with van der Waals surface area (Å²) in [5.74, 6) is -1.91. The first-order valence-corrected chi connectivity index (χ1v) is 8.88. The van der Waals surface area contributed by atoms with Crippen LogP contribution in [0.15, 0.2) is 24.3 Å². The van der Waals surface area contributed by atoms with Crippen LogP contribution in [0.3, 0.4) is 0 Å². The van der Waals surface area contributed by atoms with Gasteiger partial charge in [0.2, 0.25) is 5.91 Å². The van der Waals surface area contributed by atoms with E-state index in [-0.39, 0.29) is 11.7 Å². The number of amides is 1. The second-order valence-electron chi connectivity index (χ2n) is 4.90. The minimum atomic E-state index is -4.87. The number of thiazole rings is 1. The molecule has 0 saturated heterocycles. The van der Waals surface area contributed by atoms with Gasteiger partial charge in [0.15, 0.2) is 10.8 Å². The molecule has 0 aliphatic heterocycles. The van der Waals surface area contributed by atoms with Crippen molar-refractivity contribution in [2.45, 2.75) is 13.1 Å². The van der Waals surface area contributed by atoms with Gasteiger partial charge >= 0.3 is 12.1 Å². The zero-order valence-electron chi connectivity index (χ0n) is 13.6. The molecule has 1 heterocycles. The lowest BCUT2D eigenvalue weighted by Crippen LogP contribution is -2.14. The van der Waals surface area contributed by atoms with Crippen LogP contribution in [0.1, 0.15) is 27.9 Å². The van der Waals surface area contributed by atoms with Crippen molar-refractivity contribution >= 4 is 57.6 Å². The normalized spacial score (nSPS) is 11.6. The standard InChI is InChI=1S/C16H11Cl2F3N2O3S/c1-2-26-14(25)12-13(16(19,20)21)23-15(27-12)22-11(24)6-4-8-3-5-9(17)7-10(8)18/h3-7H,2H2,1H3,(H,22,23,24)/b6-4+. The third-order valence-corrected chi connectivity index (χ3v) is 4.48. The molecule has 0 fully saturated rings. The molecule has 1 aromatic heterocycles. The predicted molar refractivity (Wildman–Crippen MR) is 97.2 cm³/mol. The second kappa shape index (κ2) is 8.73. The smallest absolute Gasteiger partial charge is 0.435 e. The summed E-state index contributed by atoms with van der Waals surface area (Å²) in [7, 11) is 0. The number of alkyl halides is 3. The van der Waals surface area contributed by atoms with Crippen molar-refractivity contribution in [3.63, 3.8) is 0 Å². The maximum atomic E-state index is 13.0. The lowest BCUT2D eigenvalue weighted by atomic mass is 10.2. The van der Waals surface area contributed by atoms with E-state index in [1.807, 2.05) is 0 Å². The van der Waals surface area contributed by atoms with Gasteiger partial charge in [-0.2, -0.15) is 13.2 Å². The summed E-state index contributed by atoms with van der Waals surface area (Å²) in [4.78, 5) is 26.2. The first-order chi connectivity index (χ1) is 12.6. The molecule has 11 heteroatoms. The molecule has 144 valence electrons. The van der Waals surface area contributed by atoms with Gasteiger partial charge in [0.1, 0.15) is 4.88 Å². The zero-order chi connectivity index (χ0) is 20.2. The maximum Gasteiger partial charge on any atom is 0.435 e. The Hall–Kier alpha value is -2.10. The predicted octanol–water partition coefficient (Wildman–Crippen LogP) is 5.30. The van der Waals surface area contributed by atoms with Crippen molar-refractivity contribution in [2.24, 2.45) is 0 Å². The summed E-state index contributed by atoms with van der Waals surface area (Å²) < 4.78 is 43.7. The Labute approximate surface area is 165 Å². The van der Waals surface area contributed by atoms with Gasteiger partial charge in [-0.15, -0.1) is 0 Å². The quantitative estimate of drug-likeness (QED) is 0.508. The van der Waals surface area contributed by atoms with Gasteiger partial charge in [0.05, 0.1) is 6.61 Å². The molecule has 1 aromatic carbocycles. The van der Waals surface area contributed by atoms with Gasteiger partial charge in [-0.25, -0.2) is 9.78 Å². The number of rotatable bonds is 5. The van der Waals surface area contributed by atoms with Gasteiger partial charge in [0, 0.05) is 16.1 Å². The molecule has 0 bridgehead atoms. The number of carbonyl (C=O) groups is 2. The highest BCUT2D eigenvalue weighted by atomic mass is 35.5. The first-order valence-electron chi connectivity index (χ1n) is 7.31. The fourth-order valence-electron chi connectivity index (χ4n) is 1.85. The monoisotopic (exact) mass is 438 g/mol. The molecule has 1 amide bonds. The molecule has 5 nitrogen and oxygen atoms in total. The van der Waals surface area contributed by atoms with Crippen LogP contribution in [0.2, 0.25) is 10.0 Å². The van der Waals surface area contributed by atoms with E-state index >= 15 is 0 Å². The zero-order valence-corrected chi connectivity index (χ0v) is 15.9. The highest BCUT2D eigenvalue weighted by molar-refractivity contribution is 7.17. The number of anilines is 1. The third kappa shape index (κ3) is 5.69. The van der Waals surface area contributed by atoms with Gasteiger partial charge in [-0.1, -0.05) is 40.6 Å². The highest BCUT2D eigenvalue weighted by Crippen LogP contribution is 2.36. The van der Waals surface area contributed by atoms with Crippen molar-refractivity contribution < 1.29 is 27.5 Å². The Balaban J connectivity index is 2.20. The molecular weight excluding hydrogens is 428 g/mol. The van der Waals surface area contributed by atoms with Crippen LogP contribution in [0.25, 0.3) is 6.08 Å². The minimum absolute atomic E-state index is 0.0969. The number of nitrogens with one attached hydrogen (secondary N) is 1. The van der Waals surface area contributed by atoms with Crippen molar-refractivity contribution in [3.8, 4) is 0 Å². The van der Waals surface area contributed by atoms with E-state index in [0.29, 0.717) is 26.9 Å². The van der Waals surface area contributed by atoms with E-state index in [0.717, 1.165) is 6.08 Å². The fourth-order valence-corrected chi connectivity index (χ4v) is 3.20. The van der Waals surface area contributed by atoms with Gasteiger partial charge in [0.25, 0.3) is 0 Å². The number of aromatic nitrogens is 1. The van der Waals surface area contributed by atoms with Crippen molar-refractivity contribution in [2.75, 3.05) is 11.9 Å². The molecule has 27 heavy (non-hydrogen) atoms. The van der Waals surface area contributed by atoms with Crippen LogP contribution in [-0.2, 0) is 15.7 Å². The number of hydrogen-bond acceptors (Lipinski definition) is 5. The van der Waals surface area contributed by atoms with Crippen LogP contribution in [0, 0.1) is 0 Å². The van der Waals surface area contributed by atoms with Crippen LogP contribution in [0.4, 0.5) is 18.3 Å². The molecule has 2 aromatic rings. The number of halogens is 5. The van der Waals surface area contributed by atoms with E-state index in [1.165, 1.54) is 19.1 Å². The summed E-state index contributed by atoms with van der Waals surface area (Å²) in [6.07, 6.45) is -2.44. The Bertz CT molecular complexity index is 898. The molecule has 0 radical (unpaired) electrons. The number of esters is 1. The lowest BCUT2D eigenvalue weighted by Gasteiger charge is -2.04.